The number of hydrogen-bond donors (Lipinski definition) is 1. The van der Waals surface area contributed by atoms with Gasteiger partial charge in [-0.15, -0.1) is 5.10 Å². The van der Waals surface area contributed by atoms with Crippen LogP contribution in [0, 0.1) is 6.92 Å². The largest absolute Gasteiger partial charge is 0.466 e. The lowest BCUT2D eigenvalue weighted by Crippen LogP contribution is -2.29. The van der Waals surface area contributed by atoms with Gasteiger partial charge in [-0.1, -0.05) is 11.8 Å². The number of aromatic nitrogens is 5. The predicted octanol–water partition coefficient (Wildman–Crippen LogP) is 1.99. The number of thioether (sulfide) groups is 1. The lowest BCUT2D eigenvalue weighted by Gasteiger charge is -2.27. The lowest BCUT2D eigenvalue weighted by atomic mass is 9.96. The van der Waals surface area contributed by atoms with Gasteiger partial charge in [-0.2, -0.15) is 10.1 Å². The summed E-state index contributed by atoms with van der Waals surface area (Å²) in [5, 5.41) is 12.8. The Morgan fingerprint density at radius 1 is 1.42 bits per heavy atom. The third-order valence-corrected chi connectivity index (χ3v) is 4.56. The van der Waals surface area contributed by atoms with Crippen LogP contribution < -0.4 is 5.32 Å². The average Bonchev–Trinajstić information content (AvgIpc) is 3.15. The van der Waals surface area contributed by atoms with Crippen molar-refractivity contribution < 1.29 is 9.53 Å². The molecule has 24 heavy (non-hydrogen) atoms. The molecule has 0 aromatic carbocycles. The van der Waals surface area contributed by atoms with E-state index >= 15 is 0 Å². The molecular formula is C15H20N6O2S. The maximum Gasteiger partial charge on any atom is 0.338 e. The molecule has 2 aromatic heterocycles. The number of allylic oxidation sites excluding steroid dienone is 1. The summed E-state index contributed by atoms with van der Waals surface area (Å²) in [5.41, 5.74) is 2.99. The number of ether oxygens (including phenoxy) is 1. The Morgan fingerprint density at radius 3 is 2.75 bits per heavy atom. The molecular weight excluding hydrogens is 328 g/mol. The van der Waals surface area contributed by atoms with Gasteiger partial charge in [0.1, 0.15) is 6.04 Å². The number of hydrogen-bond acceptors (Lipinski definition) is 7. The van der Waals surface area contributed by atoms with Crippen molar-refractivity contribution in [2.45, 2.75) is 38.5 Å². The minimum atomic E-state index is -0.414. The Bertz CT molecular complexity index is 822. The van der Waals surface area contributed by atoms with Crippen molar-refractivity contribution in [3.05, 3.63) is 28.7 Å². The summed E-state index contributed by atoms with van der Waals surface area (Å²) in [6.45, 7) is 6.55. The summed E-state index contributed by atoms with van der Waals surface area (Å²) in [4.78, 5) is 16.9. The molecule has 0 unspecified atom stereocenters. The topological polar surface area (TPSA) is 86.9 Å². The number of esters is 1. The minimum absolute atomic E-state index is 0.388. The molecule has 1 aliphatic heterocycles. The van der Waals surface area contributed by atoms with Gasteiger partial charge in [-0.05, 0) is 27.0 Å². The molecule has 0 saturated heterocycles. The first-order valence-electron chi connectivity index (χ1n) is 7.60. The van der Waals surface area contributed by atoms with Gasteiger partial charge in [0.05, 0.1) is 18.4 Å². The van der Waals surface area contributed by atoms with Gasteiger partial charge in [-0.3, -0.25) is 4.68 Å². The molecule has 0 radical (unpaired) electrons. The maximum atomic E-state index is 12.4. The number of aryl methyl sites for hydroxylation is 2. The zero-order chi connectivity index (χ0) is 17.4. The fourth-order valence-electron chi connectivity index (χ4n) is 2.84. The van der Waals surface area contributed by atoms with Crippen LogP contribution in [0.2, 0.25) is 0 Å². The minimum Gasteiger partial charge on any atom is -0.466 e. The number of carbonyl (C=O) groups excluding carboxylic acids is 1. The SMILES string of the molecule is CCn1cc([C@H]2C(C(=O)OC)=C(C)Nc3nc(SC)nn32)c(C)n1. The first-order valence-corrected chi connectivity index (χ1v) is 8.83. The predicted molar refractivity (Wildman–Crippen MR) is 90.9 cm³/mol. The van der Waals surface area contributed by atoms with E-state index in [-0.39, 0.29) is 5.97 Å². The van der Waals surface area contributed by atoms with Crippen molar-refractivity contribution in [2.75, 3.05) is 18.7 Å². The van der Waals surface area contributed by atoms with Crippen LogP contribution in [0.3, 0.4) is 0 Å². The van der Waals surface area contributed by atoms with Crippen LogP contribution in [0.25, 0.3) is 0 Å². The molecule has 9 heteroatoms. The normalized spacial score (nSPS) is 16.8. The van der Waals surface area contributed by atoms with E-state index in [1.807, 2.05) is 37.9 Å². The highest BCUT2D eigenvalue weighted by Gasteiger charge is 2.36. The number of nitrogens with one attached hydrogen (secondary N) is 1. The second kappa shape index (κ2) is 6.31. The lowest BCUT2D eigenvalue weighted by molar-refractivity contribution is -0.136. The Balaban J connectivity index is 2.21. The van der Waals surface area contributed by atoms with E-state index in [4.69, 9.17) is 4.74 Å². The molecule has 0 aliphatic carbocycles. The smallest absolute Gasteiger partial charge is 0.338 e. The van der Waals surface area contributed by atoms with Crippen molar-refractivity contribution in [1.29, 1.82) is 0 Å². The summed E-state index contributed by atoms with van der Waals surface area (Å²) in [6.07, 6.45) is 3.87. The molecule has 1 aliphatic rings. The van der Waals surface area contributed by atoms with Gasteiger partial charge in [0, 0.05) is 24.0 Å². The second-order valence-electron chi connectivity index (χ2n) is 5.45. The number of fused-ring (bicyclic) bond motifs is 1. The second-order valence-corrected chi connectivity index (χ2v) is 6.22. The molecule has 0 bridgehead atoms. The summed E-state index contributed by atoms with van der Waals surface area (Å²) in [6, 6.07) is -0.414. The van der Waals surface area contributed by atoms with Crippen molar-refractivity contribution in [1.82, 2.24) is 24.5 Å². The number of carbonyl (C=O) groups is 1. The highest BCUT2D eigenvalue weighted by Crippen LogP contribution is 2.37. The number of methoxy groups -OCH3 is 1. The molecule has 0 spiro atoms. The highest BCUT2D eigenvalue weighted by atomic mass is 32.2. The van der Waals surface area contributed by atoms with Gasteiger partial charge in [-0.25, -0.2) is 9.48 Å². The van der Waals surface area contributed by atoms with Crippen molar-refractivity contribution in [3.8, 4) is 0 Å². The zero-order valence-corrected chi connectivity index (χ0v) is 15.1. The van der Waals surface area contributed by atoms with Gasteiger partial charge in [0.25, 0.3) is 0 Å². The maximum absolute atomic E-state index is 12.4. The summed E-state index contributed by atoms with van der Waals surface area (Å²) in [7, 11) is 1.38. The number of nitrogens with zero attached hydrogens (tertiary/aromatic N) is 5. The molecule has 0 amide bonds. The van der Waals surface area contributed by atoms with E-state index in [2.05, 4.69) is 20.5 Å². The molecule has 128 valence electrons. The summed E-state index contributed by atoms with van der Waals surface area (Å²) in [5.74, 6) is 0.221. The zero-order valence-electron chi connectivity index (χ0n) is 14.3. The van der Waals surface area contributed by atoms with Crippen molar-refractivity contribution in [2.24, 2.45) is 0 Å². The fourth-order valence-corrected chi connectivity index (χ4v) is 3.19. The Hall–Kier alpha value is -2.29. The molecule has 8 nitrogen and oxygen atoms in total. The molecule has 1 atom stereocenters. The summed E-state index contributed by atoms with van der Waals surface area (Å²) < 4.78 is 8.58. The molecule has 1 N–H and O–H groups in total. The monoisotopic (exact) mass is 348 g/mol. The third kappa shape index (κ3) is 2.58. The van der Waals surface area contributed by atoms with E-state index in [0.29, 0.717) is 22.4 Å². The van der Waals surface area contributed by atoms with Crippen LogP contribution in [0.5, 0.6) is 0 Å². The van der Waals surface area contributed by atoms with Crippen LogP contribution in [0.15, 0.2) is 22.6 Å². The molecule has 2 aromatic rings. The van der Waals surface area contributed by atoms with E-state index in [1.54, 1.807) is 4.68 Å². The highest BCUT2D eigenvalue weighted by molar-refractivity contribution is 7.98. The van der Waals surface area contributed by atoms with E-state index in [1.165, 1.54) is 18.9 Å². The van der Waals surface area contributed by atoms with Crippen LogP contribution in [0.4, 0.5) is 5.95 Å². The van der Waals surface area contributed by atoms with Gasteiger partial charge < -0.3 is 10.1 Å². The van der Waals surface area contributed by atoms with Crippen molar-refractivity contribution >= 4 is 23.7 Å². The fraction of sp³-hybridized carbons (Fsp3) is 0.467. The van der Waals surface area contributed by atoms with Gasteiger partial charge in [0.15, 0.2) is 0 Å². The first kappa shape index (κ1) is 16.6. The van der Waals surface area contributed by atoms with Crippen LogP contribution in [0.1, 0.15) is 31.1 Å². The van der Waals surface area contributed by atoms with E-state index < -0.39 is 6.04 Å². The van der Waals surface area contributed by atoms with Gasteiger partial charge >= 0.3 is 5.97 Å². The molecule has 0 saturated carbocycles. The summed E-state index contributed by atoms with van der Waals surface area (Å²) >= 11 is 1.45. The van der Waals surface area contributed by atoms with Crippen LogP contribution in [-0.2, 0) is 16.1 Å². The number of rotatable bonds is 4. The van der Waals surface area contributed by atoms with Crippen molar-refractivity contribution in [3.63, 3.8) is 0 Å². The third-order valence-electron chi connectivity index (χ3n) is 4.02. The Kier molecular flexibility index (Phi) is 4.35. The Morgan fingerprint density at radius 2 is 2.17 bits per heavy atom. The van der Waals surface area contributed by atoms with Crippen LogP contribution >= 0.6 is 11.8 Å². The molecule has 3 heterocycles. The molecule has 3 rings (SSSR count). The standard InChI is InChI=1S/C15H20N6O2S/c1-6-20-7-10(8(2)18-20)12-11(13(22)23-4)9(3)16-14-17-15(24-5)19-21(12)14/h7,12H,6H2,1-5H3,(H,16,17,19)/t12-/m0/s1. The van der Waals surface area contributed by atoms with Crippen LogP contribution in [-0.4, -0.2) is 43.9 Å². The van der Waals surface area contributed by atoms with E-state index in [9.17, 15) is 4.79 Å². The molecule has 0 fully saturated rings. The first-order chi connectivity index (χ1) is 11.5. The van der Waals surface area contributed by atoms with E-state index in [0.717, 1.165) is 17.8 Å². The average molecular weight is 348 g/mol. The Labute approximate surface area is 144 Å². The quantitative estimate of drug-likeness (QED) is 0.668. The number of anilines is 1. The van der Waals surface area contributed by atoms with Gasteiger partial charge in [0.2, 0.25) is 11.1 Å².